The van der Waals surface area contributed by atoms with E-state index in [4.69, 9.17) is 0 Å². The fourth-order valence-electron chi connectivity index (χ4n) is 2.72. The lowest BCUT2D eigenvalue weighted by Crippen LogP contribution is -2.45. The number of likely N-dealkylation sites (N-methyl/N-ethyl adjacent to an activating group) is 1. The van der Waals surface area contributed by atoms with Crippen LogP contribution in [-0.4, -0.2) is 36.0 Å². The van der Waals surface area contributed by atoms with Crippen LogP contribution in [0.4, 0.5) is 0 Å². The summed E-state index contributed by atoms with van der Waals surface area (Å²) in [6.45, 7) is 6.12. The molecule has 1 amide bonds. The molecule has 2 atom stereocenters. The summed E-state index contributed by atoms with van der Waals surface area (Å²) in [5, 5.41) is 3.26. The lowest BCUT2D eigenvalue weighted by molar-refractivity contribution is -0.132. The summed E-state index contributed by atoms with van der Waals surface area (Å²) in [4.78, 5) is 14.1. The molecule has 3 heteroatoms. The number of nitrogens with zero attached hydrogens (tertiary/aromatic N) is 1. The molecular formula is C12H22N2O. The Morgan fingerprint density at radius 3 is 2.73 bits per heavy atom. The maximum absolute atomic E-state index is 12.0. The summed E-state index contributed by atoms with van der Waals surface area (Å²) in [7, 11) is 0. The number of carbonyl (C=O) groups excluding carboxylic acids is 1. The Kier molecular flexibility index (Phi) is 3.29. The Hall–Kier alpha value is -0.570. The fraction of sp³-hybridized carbons (Fsp3) is 0.917. The monoisotopic (exact) mass is 210 g/mol. The van der Waals surface area contributed by atoms with Crippen molar-refractivity contribution in [2.45, 2.75) is 51.6 Å². The van der Waals surface area contributed by atoms with Crippen LogP contribution in [0, 0.1) is 5.92 Å². The van der Waals surface area contributed by atoms with Crippen LogP contribution in [0.3, 0.4) is 0 Å². The molecule has 1 aliphatic heterocycles. The first-order chi connectivity index (χ1) is 7.24. The van der Waals surface area contributed by atoms with Gasteiger partial charge < -0.3 is 10.2 Å². The largest absolute Gasteiger partial charge is 0.338 e. The Labute approximate surface area is 92.2 Å². The van der Waals surface area contributed by atoms with Crippen molar-refractivity contribution in [1.82, 2.24) is 10.2 Å². The number of hydrogen-bond donors (Lipinski definition) is 1. The van der Waals surface area contributed by atoms with Crippen LogP contribution in [0.25, 0.3) is 0 Å². The smallest absolute Gasteiger partial charge is 0.240 e. The van der Waals surface area contributed by atoms with Crippen LogP contribution in [0.5, 0.6) is 0 Å². The Bertz CT molecular complexity index is 238. The first-order valence-electron chi connectivity index (χ1n) is 6.28. The van der Waals surface area contributed by atoms with E-state index in [1.807, 2.05) is 0 Å². The van der Waals surface area contributed by atoms with Crippen molar-refractivity contribution in [1.29, 1.82) is 0 Å². The normalized spacial score (nSPS) is 29.3. The summed E-state index contributed by atoms with van der Waals surface area (Å²) in [6, 6.07) is 0.562. The quantitative estimate of drug-likeness (QED) is 0.760. The highest BCUT2D eigenvalue weighted by Gasteiger charge is 2.37. The zero-order valence-corrected chi connectivity index (χ0v) is 9.83. The van der Waals surface area contributed by atoms with Crippen molar-refractivity contribution in [3.05, 3.63) is 0 Å². The molecule has 86 valence electrons. The molecule has 3 nitrogen and oxygen atoms in total. The number of rotatable bonds is 4. The molecule has 1 aliphatic carbocycles. The number of amides is 1. The van der Waals surface area contributed by atoms with Gasteiger partial charge in [0.2, 0.25) is 5.91 Å². The van der Waals surface area contributed by atoms with Gasteiger partial charge in [0.1, 0.15) is 0 Å². The van der Waals surface area contributed by atoms with Gasteiger partial charge >= 0.3 is 0 Å². The van der Waals surface area contributed by atoms with Gasteiger partial charge in [0, 0.05) is 12.6 Å². The van der Waals surface area contributed by atoms with Crippen molar-refractivity contribution in [3.8, 4) is 0 Å². The van der Waals surface area contributed by atoms with Gasteiger partial charge in [0.15, 0.2) is 0 Å². The standard InChI is InChI=1S/C12H22N2O/c1-3-13-11-7-8-14(12(11)15)9(2)10-5-4-6-10/h9-11,13H,3-8H2,1-2H3. The molecule has 1 N–H and O–H groups in total. The van der Waals surface area contributed by atoms with Gasteiger partial charge in [-0.05, 0) is 38.6 Å². The van der Waals surface area contributed by atoms with Gasteiger partial charge in [-0.3, -0.25) is 4.79 Å². The summed E-state index contributed by atoms with van der Waals surface area (Å²) >= 11 is 0. The Balaban J connectivity index is 1.90. The summed E-state index contributed by atoms with van der Waals surface area (Å²) in [5.41, 5.74) is 0. The van der Waals surface area contributed by atoms with E-state index >= 15 is 0 Å². The van der Waals surface area contributed by atoms with Crippen molar-refractivity contribution in [2.24, 2.45) is 5.92 Å². The molecule has 1 heterocycles. The number of hydrogen-bond acceptors (Lipinski definition) is 2. The third kappa shape index (κ3) is 2.03. The van der Waals surface area contributed by atoms with Gasteiger partial charge in [-0.1, -0.05) is 13.3 Å². The minimum Gasteiger partial charge on any atom is -0.338 e. The van der Waals surface area contributed by atoms with Gasteiger partial charge in [0.05, 0.1) is 6.04 Å². The molecule has 0 bridgehead atoms. The highest BCUT2D eigenvalue weighted by atomic mass is 16.2. The maximum Gasteiger partial charge on any atom is 0.240 e. The summed E-state index contributed by atoms with van der Waals surface area (Å²) in [5.74, 6) is 1.10. The molecule has 2 fully saturated rings. The SMILES string of the molecule is CCNC1CCN(C(C)C2CCC2)C1=O. The minimum atomic E-state index is 0.0949. The molecule has 1 saturated carbocycles. The maximum atomic E-state index is 12.0. The third-order valence-electron chi connectivity index (χ3n) is 4.01. The Morgan fingerprint density at radius 2 is 2.20 bits per heavy atom. The molecule has 2 rings (SSSR count). The molecule has 0 radical (unpaired) electrons. The van der Waals surface area contributed by atoms with E-state index < -0.39 is 0 Å². The van der Waals surface area contributed by atoms with Crippen molar-refractivity contribution in [3.63, 3.8) is 0 Å². The molecule has 0 spiro atoms. The van der Waals surface area contributed by atoms with Crippen molar-refractivity contribution in [2.75, 3.05) is 13.1 Å². The number of carbonyl (C=O) groups is 1. The fourth-order valence-corrected chi connectivity index (χ4v) is 2.72. The van der Waals surface area contributed by atoms with Gasteiger partial charge in [-0.15, -0.1) is 0 Å². The number of likely N-dealkylation sites (tertiary alicyclic amines) is 1. The second-order valence-corrected chi connectivity index (χ2v) is 4.86. The molecule has 0 aromatic heterocycles. The van der Waals surface area contributed by atoms with E-state index in [9.17, 15) is 4.79 Å². The first-order valence-corrected chi connectivity index (χ1v) is 6.28. The lowest BCUT2D eigenvalue weighted by Gasteiger charge is -2.37. The van der Waals surface area contributed by atoms with Crippen LogP contribution in [-0.2, 0) is 4.79 Å². The van der Waals surface area contributed by atoms with Crippen LogP contribution >= 0.6 is 0 Å². The van der Waals surface area contributed by atoms with E-state index in [1.165, 1.54) is 19.3 Å². The van der Waals surface area contributed by atoms with Crippen LogP contribution < -0.4 is 5.32 Å². The average molecular weight is 210 g/mol. The zero-order valence-electron chi connectivity index (χ0n) is 9.83. The predicted octanol–water partition coefficient (Wildman–Crippen LogP) is 1.39. The molecule has 0 aromatic rings. The topological polar surface area (TPSA) is 32.3 Å². The first kappa shape index (κ1) is 10.9. The second kappa shape index (κ2) is 4.52. The van der Waals surface area contributed by atoms with Crippen molar-refractivity contribution < 1.29 is 4.79 Å². The summed E-state index contributed by atoms with van der Waals surface area (Å²) < 4.78 is 0. The highest BCUT2D eigenvalue weighted by molar-refractivity contribution is 5.84. The van der Waals surface area contributed by atoms with Crippen LogP contribution in [0.1, 0.15) is 39.5 Å². The highest BCUT2D eigenvalue weighted by Crippen LogP contribution is 2.33. The number of nitrogens with one attached hydrogen (secondary N) is 1. The molecule has 0 aromatic carbocycles. The van der Waals surface area contributed by atoms with E-state index in [0.717, 1.165) is 25.4 Å². The molecular weight excluding hydrogens is 188 g/mol. The van der Waals surface area contributed by atoms with Crippen LogP contribution in [0.2, 0.25) is 0 Å². The van der Waals surface area contributed by atoms with E-state index in [2.05, 4.69) is 24.1 Å². The molecule has 2 aliphatic rings. The van der Waals surface area contributed by atoms with E-state index in [-0.39, 0.29) is 6.04 Å². The van der Waals surface area contributed by atoms with Crippen LogP contribution in [0.15, 0.2) is 0 Å². The van der Waals surface area contributed by atoms with Crippen molar-refractivity contribution >= 4 is 5.91 Å². The molecule has 1 saturated heterocycles. The second-order valence-electron chi connectivity index (χ2n) is 4.86. The summed E-state index contributed by atoms with van der Waals surface area (Å²) in [6.07, 6.45) is 4.98. The Morgan fingerprint density at radius 1 is 1.47 bits per heavy atom. The zero-order chi connectivity index (χ0) is 10.8. The van der Waals surface area contributed by atoms with Gasteiger partial charge in [-0.25, -0.2) is 0 Å². The van der Waals surface area contributed by atoms with E-state index in [1.54, 1.807) is 0 Å². The third-order valence-corrected chi connectivity index (χ3v) is 4.01. The average Bonchev–Trinajstić information content (AvgIpc) is 2.46. The van der Waals surface area contributed by atoms with E-state index in [0.29, 0.717) is 11.9 Å². The van der Waals surface area contributed by atoms with Gasteiger partial charge in [-0.2, -0.15) is 0 Å². The molecule has 15 heavy (non-hydrogen) atoms. The lowest BCUT2D eigenvalue weighted by atomic mass is 9.80. The van der Waals surface area contributed by atoms with Gasteiger partial charge in [0.25, 0.3) is 0 Å². The minimum absolute atomic E-state index is 0.0949. The predicted molar refractivity (Wildman–Crippen MR) is 60.6 cm³/mol. The molecule has 2 unspecified atom stereocenters.